The van der Waals surface area contributed by atoms with Gasteiger partial charge < -0.3 is 14.5 Å². The van der Waals surface area contributed by atoms with Gasteiger partial charge in [-0.05, 0) is 36.6 Å². The number of amides is 3. The van der Waals surface area contributed by atoms with Gasteiger partial charge in [-0.25, -0.2) is 9.18 Å². The highest BCUT2D eigenvalue weighted by atomic mass is 35.5. The molecule has 1 aromatic carbocycles. The van der Waals surface area contributed by atoms with E-state index in [0.717, 1.165) is 11.8 Å². The quantitative estimate of drug-likeness (QED) is 0.611. The van der Waals surface area contributed by atoms with Crippen LogP contribution in [0.3, 0.4) is 0 Å². The van der Waals surface area contributed by atoms with E-state index in [2.05, 4.69) is 0 Å². The van der Waals surface area contributed by atoms with Gasteiger partial charge in [-0.3, -0.25) is 19.4 Å². The van der Waals surface area contributed by atoms with Crippen LogP contribution in [0.25, 0.3) is 0 Å². The second-order valence-corrected chi connectivity index (χ2v) is 10.0. The topological polar surface area (TPSA) is 73.4 Å². The first-order chi connectivity index (χ1) is 15.8. The summed E-state index contributed by atoms with van der Waals surface area (Å²) in [5.74, 6) is -0.545. The second-order valence-electron chi connectivity index (χ2n) is 7.55. The number of halogens is 2. The molecule has 0 spiro atoms. The molecule has 1 aromatic heterocycles. The first kappa shape index (κ1) is 23.7. The molecule has 2 fully saturated rings. The zero-order chi connectivity index (χ0) is 23.7. The van der Waals surface area contributed by atoms with Gasteiger partial charge in [0.05, 0.1) is 27.1 Å². The van der Waals surface area contributed by atoms with Crippen molar-refractivity contribution in [2.75, 3.05) is 55.8 Å². The van der Waals surface area contributed by atoms with E-state index in [1.165, 1.54) is 27.2 Å². The number of rotatable bonds is 4. The summed E-state index contributed by atoms with van der Waals surface area (Å²) in [7, 11) is 1.56. The number of nitrogens with zero attached hydrogens (tertiary/aromatic N) is 4. The monoisotopic (exact) mass is 512 g/mol. The molecule has 8 nitrogen and oxygen atoms in total. The number of piperazine rings is 1. The van der Waals surface area contributed by atoms with Crippen molar-refractivity contribution in [1.29, 1.82) is 0 Å². The predicted molar refractivity (Wildman–Crippen MR) is 128 cm³/mol. The molecule has 0 bridgehead atoms. The number of ether oxygens (including phenoxy) is 1. The van der Waals surface area contributed by atoms with Crippen LogP contribution in [0.5, 0.6) is 0 Å². The molecular formula is C21H22ClFN4O4S2. The number of anilines is 2. The summed E-state index contributed by atoms with van der Waals surface area (Å²) < 4.78 is 20.8. The summed E-state index contributed by atoms with van der Waals surface area (Å²) in [6.45, 7) is 2.01. The van der Waals surface area contributed by atoms with Crippen LogP contribution in [-0.2, 0) is 4.74 Å². The third kappa shape index (κ3) is 4.90. The van der Waals surface area contributed by atoms with Crippen molar-refractivity contribution in [3.05, 3.63) is 45.4 Å². The van der Waals surface area contributed by atoms with Crippen molar-refractivity contribution in [2.24, 2.45) is 0 Å². The van der Waals surface area contributed by atoms with Crippen molar-refractivity contribution < 1.29 is 23.5 Å². The van der Waals surface area contributed by atoms with E-state index < -0.39 is 18.1 Å². The highest BCUT2D eigenvalue weighted by molar-refractivity contribution is 8.12. The van der Waals surface area contributed by atoms with E-state index in [4.69, 9.17) is 16.3 Å². The van der Waals surface area contributed by atoms with Crippen molar-refractivity contribution in [3.63, 3.8) is 0 Å². The molecule has 3 amide bonds. The maximum atomic E-state index is 15.0. The van der Waals surface area contributed by atoms with Gasteiger partial charge in [-0.1, -0.05) is 23.4 Å². The van der Waals surface area contributed by atoms with E-state index >= 15 is 0 Å². The fourth-order valence-corrected chi connectivity index (χ4v) is 5.19. The molecule has 4 rings (SSSR count). The lowest BCUT2D eigenvalue weighted by molar-refractivity contribution is 0.0668. The maximum Gasteiger partial charge on any atom is 0.416 e. The van der Waals surface area contributed by atoms with Crippen LogP contribution in [0.2, 0.25) is 4.34 Å². The number of carbonyl (C=O) groups excluding carboxylic acids is 3. The van der Waals surface area contributed by atoms with E-state index in [0.29, 0.717) is 46.8 Å². The van der Waals surface area contributed by atoms with Crippen LogP contribution >= 0.6 is 34.7 Å². The summed E-state index contributed by atoms with van der Waals surface area (Å²) in [6, 6.07) is 7.98. The van der Waals surface area contributed by atoms with Crippen LogP contribution in [0, 0.1) is 5.82 Å². The lowest BCUT2D eigenvalue weighted by Crippen LogP contribution is -2.48. The summed E-state index contributed by atoms with van der Waals surface area (Å²) >= 11 is 8.19. The third-order valence-corrected chi connectivity index (χ3v) is 7.48. The van der Waals surface area contributed by atoms with Gasteiger partial charge in [-0.2, -0.15) is 0 Å². The van der Waals surface area contributed by atoms with Gasteiger partial charge in [0.25, 0.3) is 11.1 Å². The molecule has 0 saturated carbocycles. The fraction of sp³-hybridized carbons (Fsp3) is 0.381. The second kappa shape index (κ2) is 9.78. The molecule has 2 aliphatic rings. The third-order valence-electron chi connectivity index (χ3n) is 5.63. The van der Waals surface area contributed by atoms with E-state index in [9.17, 15) is 18.8 Å². The average molecular weight is 513 g/mol. The Morgan fingerprint density at radius 1 is 1.21 bits per heavy atom. The number of thioether (sulfide) groups is 1. The van der Waals surface area contributed by atoms with Crippen LogP contribution in [0.15, 0.2) is 30.3 Å². The van der Waals surface area contributed by atoms with E-state index in [1.54, 1.807) is 42.5 Å². The summed E-state index contributed by atoms with van der Waals surface area (Å²) in [4.78, 5) is 43.6. The molecule has 1 atom stereocenters. The maximum absolute atomic E-state index is 15.0. The van der Waals surface area contributed by atoms with Crippen LogP contribution in [-0.4, -0.2) is 79.3 Å². The smallest absolute Gasteiger partial charge is 0.416 e. The Bertz CT molecular complexity index is 1080. The SMILES string of the molecule is CSC(=O)N(C)C1CN(c2ccc(N3CCN(C(=O)c4ccc(Cl)s4)CC3)c(F)c2)C(=O)O1. The van der Waals surface area contributed by atoms with E-state index in [-0.39, 0.29) is 17.7 Å². The number of carbonyl (C=O) groups is 3. The minimum atomic E-state index is -0.732. The number of hydrogen-bond donors (Lipinski definition) is 0. The van der Waals surface area contributed by atoms with Gasteiger partial charge in [0.15, 0.2) is 6.23 Å². The summed E-state index contributed by atoms with van der Waals surface area (Å²) in [6.07, 6.45) is 0.285. The Morgan fingerprint density at radius 3 is 2.55 bits per heavy atom. The van der Waals surface area contributed by atoms with Crippen molar-refractivity contribution in [3.8, 4) is 0 Å². The zero-order valence-corrected chi connectivity index (χ0v) is 20.4. The molecule has 2 aromatic rings. The van der Waals surface area contributed by atoms with Gasteiger partial charge in [0, 0.05) is 33.2 Å². The van der Waals surface area contributed by atoms with Gasteiger partial charge in [0.1, 0.15) is 5.82 Å². The molecule has 0 aliphatic carbocycles. The van der Waals surface area contributed by atoms with Gasteiger partial charge in [-0.15, -0.1) is 11.3 Å². The normalized spacial score (nSPS) is 18.5. The summed E-state index contributed by atoms with van der Waals surface area (Å²) in [5.41, 5.74) is 0.765. The van der Waals surface area contributed by atoms with Crippen molar-refractivity contribution in [1.82, 2.24) is 9.80 Å². The van der Waals surface area contributed by atoms with Crippen molar-refractivity contribution in [2.45, 2.75) is 6.23 Å². The van der Waals surface area contributed by atoms with Crippen LogP contribution in [0.4, 0.5) is 25.4 Å². The highest BCUT2D eigenvalue weighted by Gasteiger charge is 2.37. The molecule has 0 radical (unpaired) electrons. The highest BCUT2D eigenvalue weighted by Crippen LogP contribution is 2.30. The van der Waals surface area contributed by atoms with Gasteiger partial charge in [0.2, 0.25) is 0 Å². The molecule has 1 unspecified atom stereocenters. The molecule has 2 saturated heterocycles. The lowest BCUT2D eigenvalue weighted by Gasteiger charge is -2.36. The Balaban J connectivity index is 1.40. The predicted octanol–water partition coefficient (Wildman–Crippen LogP) is 4.20. The zero-order valence-electron chi connectivity index (χ0n) is 18.0. The minimum absolute atomic E-state index is 0.0746. The molecule has 33 heavy (non-hydrogen) atoms. The largest absolute Gasteiger partial charge is 0.423 e. The number of cyclic esters (lactones) is 1. The molecular weight excluding hydrogens is 491 g/mol. The fourth-order valence-electron chi connectivity index (χ4n) is 3.78. The first-order valence-electron chi connectivity index (χ1n) is 10.2. The Labute approximate surface area is 203 Å². The first-order valence-corrected chi connectivity index (χ1v) is 12.6. The summed E-state index contributed by atoms with van der Waals surface area (Å²) in [5, 5.41) is -0.226. The molecule has 2 aliphatic heterocycles. The van der Waals surface area contributed by atoms with Crippen molar-refractivity contribution >= 4 is 63.3 Å². The van der Waals surface area contributed by atoms with Crippen LogP contribution < -0.4 is 9.80 Å². The average Bonchev–Trinajstić information content (AvgIpc) is 3.43. The van der Waals surface area contributed by atoms with Gasteiger partial charge >= 0.3 is 6.09 Å². The Hall–Kier alpha value is -2.50. The van der Waals surface area contributed by atoms with E-state index in [1.807, 2.05) is 4.90 Å². The Kier molecular flexibility index (Phi) is 7.01. The molecule has 3 heterocycles. The number of hydrogen-bond acceptors (Lipinski definition) is 7. The molecule has 12 heteroatoms. The number of likely N-dealkylation sites (N-methyl/N-ethyl adjacent to an activating group) is 1. The molecule has 176 valence electrons. The number of benzene rings is 1. The lowest BCUT2D eigenvalue weighted by atomic mass is 10.2. The molecule has 0 N–H and O–H groups in total. The van der Waals surface area contributed by atoms with Crippen LogP contribution in [0.1, 0.15) is 9.67 Å². The number of thiophene rings is 1. The Morgan fingerprint density at radius 2 is 1.94 bits per heavy atom. The minimum Gasteiger partial charge on any atom is -0.423 e. The standard InChI is InChI=1S/C21H22ClFN4O4S2/c1-24(21(30)32-2)18-12-27(20(29)31-18)13-3-4-15(14(23)11-13)25-7-9-26(10-8-25)19(28)16-5-6-17(22)33-16/h3-6,11,18H,7-10,12H2,1-2H3.